The summed E-state index contributed by atoms with van der Waals surface area (Å²) >= 11 is 6.50. The number of hydrogen-bond donors (Lipinski definition) is 3. The van der Waals surface area contributed by atoms with Gasteiger partial charge in [0.15, 0.2) is 6.10 Å². The normalized spacial score (nSPS) is 18.5. The van der Waals surface area contributed by atoms with Gasteiger partial charge in [-0.1, -0.05) is 78.3 Å². The lowest BCUT2D eigenvalue weighted by Gasteiger charge is -2.35. The number of rotatable bonds is 8. The summed E-state index contributed by atoms with van der Waals surface area (Å²) in [5, 5.41) is 16.3. The molecule has 3 aromatic rings. The number of hydrogen-bond acceptors (Lipinski definition) is 4. The fourth-order valence-corrected chi connectivity index (χ4v) is 4.15. The number of anilines is 1. The van der Waals surface area contributed by atoms with E-state index in [-0.39, 0.29) is 18.9 Å². The molecule has 0 saturated carbocycles. The molecule has 7 heteroatoms. The number of fused-ring (bicyclic) bond motifs is 1. The molecule has 1 aliphatic rings. The Hall–Kier alpha value is -3.19. The van der Waals surface area contributed by atoms with Crippen LogP contribution in [0.25, 0.3) is 0 Å². The molecule has 6 nitrogen and oxygen atoms in total. The molecule has 0 bridgehead atoms. The van der Waals surface area contributed by atoms with E-state index in [9.17, 15) is 14.7 Å². The van der Waals surface area contributed by atoms with Gasteiger partial charge in [0, 0.05) is 16.3 Å². The second-order valence-electron chi connectivity index (χ2n) is 7.63. The topological polar surface area (TPSA) is 87.7 Å². The van der Waals surface area contributed by atoms with Crippen molar-refractivity contribution >= 4 is 29.2 Å². The molecule has 0 saturated heterocycles. The van der Waals surface area contributed by atoms with Gasteiger partial charge in [-0.3, -0.25) is 14.9 Å². The molecule has 3 aromatic carbocycles. The van der Waals surface area contributed by atoms with Crippen LogP contribution in [0.15, 0.2) is 78.9 Å². The van der Waals surface area contributed by atoms with Crippen molar-refractivity contribution in [3.05, 3.63) is 101 Å². The molecule has 3 atom stereocenters. The fraction of sp³-hybridized carbons (Fsp3) is 0.200. The van der Waals surface area contributed by atoms with Gasteiger partial charge in [0.05, 0.1) is 12.6 Å². The number of carbonyl (C=O) groups is 2. The highest BCUT2D eigenvalue weighted by Crippen LogP contribution is 2.38. The van der Waals surface area contributed by atoms with E-state index in [1.165, 1.54) is 0 Å². The highest BCUT2D eigenvalue weighted by molar-refractivity contribution is 6.32. The Morgan fingerprint density at radius 3 is 2.31 bits per heavy atom. The monoisotopic (exact) mass is 450 g/mol. The van der Waals surface area contributed by atoms with Gasteiger partial charge in [-0.05, 0) is 29.7 Å². The van der Waals surface area contributed by atoms with Crippen LogP contribution in [0.1, 0.15) is 22.7 Å². The first-order valence-electron chi connectivity index (χ1n) is 10.3. The van der Waals surface area contributed by atoms with E-state index in [1.54, 1.807) is 18.2 Å². The van der Waals surface area contributed by atoms with E-state index in [2.05, 4.69) is 10.6 Å². The summed E-state index contributed by atoms with van der Waals surface area (Å²) < 4.78 is 6.01. The molecular formula is C25H23ClN2O4. The second kappa shape index (κ2) is 9.96. The Morgan fingerprint density at radius 2 is 1.66 bits per heavy atom. The first kappa shape index (κ1) is 22.0. The van der Waals surface area contributed by atoms with Crippen LogP contribution in [0.2, 0.25) is 5.02 Å². The Kier molecular flexibility index (Phi) is 6.85. The predicted molar refractivity (Wildman–Crippen MR) is 123 cm³/mol. The number of carbonyl (C=O) groups excluding carboxylic acids is 1. The van der Waals surface area contributed by atoms with Crippen molar-refractivity contribution in [2.24, 2.45) is 0 Å². The smallest absolute Gasteiger partial charge is 0.321 e. The highest BCUT2D eigenvalue weighted by atomic mass is 35.5. The van der Waals surface area contributed by atoms with E-state index in [0.29, 0.717) is 16.3 Å². The number of halogens is 1. The van der Waals surface area contributed by atoms with E-state index in [1.807, 2.05) is 60.7 Å². The first-order chi connectivity index (χ1) is 15.5. The summed E-state index contributed by atoms with van der Waals surface area (Å²) in [6.07, 6.45) is -0.709. The Labute approximate surface area is 191 Å². The molecule has 1 heterocycles. The van der Waals surface area contributed by atoms with Gasteiger partial charge >= 0.3 is 5.97 Å². The molecule has 0 fully saturated rings. The summed E-state index contributed by atoms with van der Waals surface area (Å²) in [6, 6.07) is 22.3. The minimum absolute atomic E-state index is 0.202. The Balaban J connectivity index is 1.64. The molecule has 1 amide bonds. The molecule has 32 heavy (non-hydrogen) atoms. The van der Waals surface area contributed by atoms with Gasteiger partial charge < -0.3 is 15.2 Å². The Morgan fingerprint density at radius 1 is 1.00 bits per heavy atom. The molecule has 0 spiro atoms. The zero-order valence-corrected chi connectivity index (χ0v) is 18.0. The van der Waals surface area contributed by atoms with Crippen molar-refractivity contribution < 1.29 is 19.4 Å². The van der Waals surface area contributed by atoms with E-state index < -0.39 is 24.2 Å². The number of ether oxygens (including phenoxy) is 1. The van der Waals surface area contributed by atoms with Crippen molar-refractivity contribution in [1.82, 2.24) is 5.32 Å². The number of carboxylic acid groups (broad SMARTS) is 1. The first-order valence-corrected chi connectivity index (χ1v) is 10.7. The second-order valence-corrected chi connectivity index (χ2v) is 8.04. The molecule has 0 radical (unpaired) electrons. The van der Waals surface area contributed by atoms with Crippen LogP contribution in [0.3, 0.4) is 0 Å². The van der Waals surface area contributed by atoms with E-state index in [0.717, 1.165) is 11.1 Å². The molecule has 3 unspecified atom stereocenters. The zero-order chi connectivity index (χ0) is 22.5. The summed E-state index contributed by atoms with van der Waals surface area (Å²) in [5.74, 6) is -1.37. The molecule has 0 aliphatic carbocycles. The van der Waals surface area contributed by atoms with Crippen molar-refractivity contribution in [3.63, 3.8) is 0 Å². The fourth-order valence-electron chi connectivity index (χ4n) is 3.86. The molecule has 4 rings (SSSR count). The van der Waals surface area contributed by atoms with Gasteiger partial charge in [-0.15, -0.1) is 0 Å². The Bertz CT molecular complexity index is 1090. The number of nitrogens with one attached hydrogen (secondary N) is 2. The lowest BCUT2D eigenvalue weighted by Crippen LogP contribution is -2.51. The van der Waals surface area contributed by atoms with E-state index in [4.69, 9.17) is 16.3 Å². The van der Waals surface area contributed by atoms with Crippen molar-refractivity contribution in [3.8, 4) is 0 Å². The number of benzene rings is 3. The van der Waals surface area contributed by atoms with Crippen molar-refractivity contribution in [1.29, 1.82) is 0 Å². The van der Waals surface area contributed by atoms with E-state index >= 15 is 0 Å². The van der Waals surface area contributed by atoms with Crippen LogP contribution in [0.5, 0.6) is 0 Å². The van der Waals surface area contributed by atoms with Crippen LogP contribution in [-0.2, 0) is 27.4 Å². The third-order valence-corrected chi connectivity index (χ3v) is 5.75. The lowest BCUT2D eigenvalue weighted by atomic mass is 9.93. The standard InChI is InChI=1S/C25H23ClN2O4/c26-18-12-7-13-19-21(18)22(27-20(25(30)31)14-16-8-3-1-4-9-16)23(24(29)28-19)32-15-17-10-5-2-6-11-17/h1-13,20,22-23,27H,14-15H2,(H,28,29)(H,30,31). The SMILES string of the molecule is O=C(O)C(Cc1ccccc1)NC1c2c(Cl)cccc2NC(=O)C1OCc1ccccc1. The number of carboxylic acids is 1. The van der Waals surface area contributed by atoms with Crippen LogP contribution < -0.4 is 10.6 Å². The van der Waals surface area contributed by atoms with Gasteiger partial charge in [0.1, 0.15) is 6.04 Å². The minimum Gasteiger partial charge on any atom is -0.480 e. The molecule has 164 valence electrons. The number of amides is 1. The van der Waals surface area contributed by atoms with Crippen LogP contribution in [0, 0.1) is 0 Å². The van der Waals surface area contributed by atoms with Gasteiger partial charge in [-0.2, -0.15) is 0 Å². The van der Waals surface area contributed by atoms with Crippen LogP contribution >= 0.6 is 11.6 Å². The maximum Gasteiger partial charge on any atom is 0.321 e. The minimum atomic E-state index is -1.02. The molecular weight excluding hydrogens is 428 g/mol. The van der Waals surface area contributed by atoms with Gasteiger partial charge in [0.2, 0.25) is 0 Å². The van der Waals surface area contributed by atoms with Gasteiger partial charge in [0.25, 0.3) is 5.91 Å². The molecule has 1 aliphatic heterocycles. The summed E-state index contributed by atoms with van der Waals surface area (Å²) in [4.78, 5) is 25.0. The summed E-state index contributed by atoms with van der Waals surface area (Å²) in [7, 11) is 0. The lowest BCUT2D eigenvalue weighted by molar-refractivity contribution is -0.141. The highest BCUT2D eigenvalue weighted by Gasteiger charge is 2.40. The third-order valence-electron chi connectivity index (χ3n) is 5.42. The average molecular weight is 451 g/mol. The van der Waals surface area contributed by atoms with Crippen molar-refractivity contribution in [2.45, 2.75) is 31.2 Å². The van der Waals surface area contributed by atoms with Crippen LogP contribution in [-0.4, -0.2) is 29.1 Å². The quantitative estimate of drug-likeness (QED) is 0.478. The summed E-state index contributed by atoms with van der Waals surface area (Å²) in [5.41, 5.74) is 2.94. The maximum atomic E-state index is 12.9. The third kappa shape index (κ3) is 4.99. The number of aliphatic carboxylic acids is 1. The zero-order valence-electron chi connectivity index (χ0n) is 17.2. The summed E-state index contributed by atoms with van der Waals surface area (Å²) in [6.45, 7) is 0.202. The van der Waals surface area contributed by atoms with Crippen molar-refractivity contribution in [2.75, 3.05) is 5.32 Å². The van der Waals surface area contributed by atoms with Crippen LogP contribution in [0.4, 0.5) is 5.69 Å². The largest absolute Gasteiger partial charge is 0.480 e. The average Bonchev–Trinajstić information content (AvgIpc) is 2.79. The molecule has 3 N–H and O–H groups in total. The molecule has 0 aromatic heterocycles. The van der Waals surface area contributed by atoms with Gasteiger partial charge in [-0.25, -0.2) is 0 Å². The predicted octanol–water partition coefficient (Wildman–Crippen LogP) is 4.20. The maximum absolute atomic E-state index is 12.9.